The van der Waals surface area contributed by atoms with Crippen molar-refractivity contribution in [2.45, 2.75) is 38.5 Å². The first-order chi connectivity index (χ1) is 9.13. The summed E-state index contributed by atoms with van der Waals surface area (Å²) < 4.78 is 13.6. The zero-order valence-electron chi connectivity index (χ0n) is 11.4. The molecule has 1 aliphatic carbocycles. The van der Waals surface area contributed by atoms with Gasteiger partial charge in [-0.25, -0.2) is 4.39 Å². The van der Waals surface area contributed by atoms with Crippen LogP contribution in [0.5, 0.6) is 0 Å². The largest absolute Gasteiger partial charge is 0.361 e. The maximum absolute atomic E-state index is 13.6. The van der Waals surface area contributed by atoms with Crippen molar-refractivity contribution in [1.29, 1.82) is 0 Å². The third kappa shape index (κ3) is 2.94. The molecule has 0 saturated heterocycles. The predicted molar refractivity (Wildman–Crippen MR) is 79.1 cm³/mol. The lowest BCUT2D eigenvalue weighted by Crippen LogP contribution is -2.19. The quantitative estimate of drug-likeness (QED) is 0.916. The van der Waals surface area contributed by atoms with Gasteiger partial charge >= 0.3 is 0 Å². The Bertz CT molecular complexity index is 500. The highest BCUT2D eigenvalue weighted by Gasteiger charge is 2.35. The zero-order chi connectivity index (χ0) is 13.4. The molecule has 0 radical (unpaired) electrons. The van der Waals surface area contributed by atoms with E-state index < -0.39 is 0 Å². The van der Waals surface area contributed by atoms with Crippen molar-refractivity contribution in [2.75, 3.05) is 6.54 Å². The number of benzene rings is 1. The van der Waals surface area contributed by atoms with Crippen molar-refractivity contribution in [1.82, 2.24) is 5.32 Å². The molecule has 1 aliphatic heterocycles. The summed E-state index contributed by atoms with van der Waals surface area (Å²) in [6, 6.07) is 3.82. The monoisotopic (exact) mass is 278 g/mol. The number of aliphatic imine (C=N–C) groups is 1. The third-order valence-electron chi connectivity index (χ3n) is 3.77. The van der Waals surface area contributed by atoms with E-state index in [1.54, 1.807) is 0 Å². The molecule has 1 fully saturated rings. The number of aryl methyl sites for hydroxylation is 2. The fourth-order valence-corrected chi connectivity index (χ4v) is 3.72. The molecule has 2 aliphatic rings. The lowest BCUT2D eigenvalue weighted by molar-refractivity contribution is 0.608. The van der Waals surface area contributed by atoms with Crippen LogP contribution < -0.4 is 5.32 Å². The first-order valence-corrected chi connectivity index (χ1v) is 7.72. The van der Waals surface area contributed by atoms with Gasteiger partial charge in [0.05, 0.1) is 6.54 Å². The van der Waals surface area contributed by atoms with Gasteiger partial charge in [-0.1, -0.05) is 23.9 Å². The van der Waals surface area contributed by atoms with Crippen LogP contribution in [0, 0.1) is 25.6 Å². The normalized spacial score (nSPS) is 22.5. The molecular formula is C15H19FN2S. The minimum atomic E-state index is -0.0925. The summed E-state index contributed by atoms with van der Waals surface area (Å²) in [6.07, 6.45) is 2.74. The molecule has 1 saturated carbocycles. The number of nitrogens with zero attached hydrogens (tertiary/aromatic N) is 1. The minimum absolute atomic E-state index is 0.0925. The summed E-state index contributed by atoms with van der Waals surface area (Å²) in [5.74, 6) is 0.800. The van der Waals surface area contributed by atoms with E-state index in [9.17, 15) is 4.39 Å². The van der Waals surface area contributed by atoms with Crippen LogP contribution in [0.15, 0.2) is 17.1 Å². The molecular weight excluding hydrogens is 259 g/mol. The number of nitrogens with one attached hydrogen (secondary N) is 1. The topological polar surface area (TPSA) is 24.4 Å². The van der Waals surface area contributed by atoms with Crippen LogP contribution in [-0.2, 0) is 6.54 Å². The van der Waals surface area contributed by atoms with Gasteiger partial charge < -0.3 is 5.32 Å². The highest BCUT2D eigenvalue weighted by Crippen LogP contribution is 2.41. The number of rotatable bonds is 3. The van der Waals surface area contributed by atoms with Crippen LogP contribution in [0.1, 0.15) is 29.5 Å². The van der Waals surface area contributed by atoms with Gasteiger partial charge in [0.1, 0.15) is 5.82 Å². The fraction of sp³-hybridized carbons (Fsp3) is 0.533. The second kappa shape index (κ2) is 5.16. The number of halogens is 1. The average molecular weight is 278 g/mol. The van der Waals surface area contributed by atoms with E-state index in [1.165, 1.54) is 12.8 Å². The molecule has 1 aromatic rings. The SMILES string of the molecule is Cc1cc(CNC2=NCC(C3CC3)S2)cc(C)c1F. The van der Waals surface area contributed by atoms with Crippen LogP contribution in [0.25, 0.3) is 0 Å². The van der Waals surface area contributed by atoms with Gasteiger partial charge in [0.2, 0.25) is 0 Å². The van der Waals surface area contributed by atoms with Crippen molar-refractivity contribution in [3.8, 4) is 0 Å². The summed E-state index contributed by atoms with van der Waals surface area (Å²) >= 11 is 1.88. The number of thioether (sulfide) groups is 1. The summed E-state index contributed by atoms with van der Waals surface area (Å²) in [7, 11) is 0. The summed E-state index contributed by atoms with van der Waals surface area (Å²) in [4.78, 5) is 4.55. The van der Waals surface area contributed by atoms with Crippen molar-refractivity contribution in [3.05, 3.63) is 34.6 Å². The minimum Gasteiger partial charge on any atom is -0.361 e. The lowest BCUT2D eigenvalue weighted by Gasteiger charge is -2.10. The predicted octanol–water partition coefficient (Wildman–Crippen LogP) is 3.41. The van der Waals surface area contributed by atoms with Crippen LogP contribution in [0.4, 0.5) is 4.39 Å². The first-order valence-electron chi connectivity index (χ1n) is 6.84. The van der Waals surface area contributed by atoms with E-state index in [-0.39, 0.29) is 5.82 Å². The van der Waals surface area contributed by atoms with E-state index in [2.05, 4.69) is 10.3 Å². The molecule has 102 valence electrons. The van der Waals surface area contributed by atoms with E-state index >= 15 is 0 Å². The summed E-state index contributed by atoms with van der Waals surface area (Å²) in [5.41, 5.74) is 2.55. The Morgan fingerprint density at radius 1 is 1.32 bits per heavy atom. The fourth-order valence-electron chi connectivity index (χ4n) is 2.52. The van der Waals surface area contributed by atoms with Gasteiger partial charge in [-0.2, -0.15) is 0 Å². The molecule has 0 spiro atoms. The van der Waals surface area contributed by atoms with E-state index in [0.717, 1.165) is 29.7 Å². The van der Waals surface area contributed by atoms with Crippen molar-refractivity contribution in [2.24, 2.45) is 10.9 Å². The number of hydrogen-bond acceptors (Lipinski definition) is 3. The second-order valence-corrected chi connectivity index (χ2v) is 6.76. The summed E-state index contributed by atoms with van der Waals surface area (Å²) in [5, 5.41) is 5.12. The molecule has 3 rings (SSSR count). The Morgan fingerprint density at radius 3 is 2.63 bits per heavy atom. The van der Waals surface area contributed by atoms with Crippen LogP contribution in [0.3, 0.4) is 0 Å². The Labute approximate surface area is 117 Å². The molecule has 0 aromatic heterocycles. The smallest absolute Gasteiger partial charge is 0.157 e. The highest BCUT2D eigenvalue weighted by molar-refractivity contribution is 8.14. The Morgan fingerprint density at radius 2 is 2.00 bits per heavy atom. The maximum atomic E-state index is 13.6. The van der Waals surface area contributed by atoms with Gasteiger partial charge in [0.25, 0.3) is 0 Å². The molecule has 4 heteroatoms. The van der Waals surface area contributed by atoms with Crippen molar-refractivity contribution < 1.29 is 4.39 Å². The van der Waals surface area contributed by atoms with Gasteiger partial charge in [0, 0.05) is 11.8 Å². The molecule has 2 nitrogen and oxygen atoms in total. The molecule has 1 N–H and O–H groups in total. The van der Waals surface area contributed by atoms with Crippen LogP contribution in [0.2, 0.25) is 0 Å². The second-order valence-electron chi connectivity index (χ2n) is 5.54. The first kappa shape index (κ1) is 13.0. The molecule has 1 unspecified atom stereocenters. The standard InChI is InChI=1S/C15H19FN2S/c1-9-5-11(6-10(2)14(9)16)7-17-15-18-8-13(19-15)12-3-4-12/h5-6,12-13H,3-4,7-8H2,1-2H3,(H,17,18). The molecule has 0 amide bonds. The summed E-state index contributed by atoms with van der Waals surface area (Å²) in [6.45, 7) is 5.32. The van der Waals surface area contributed by atoms with Crippen molar-refractivity contribution >= 4 is 16.9 Å². The molecule has 0 bridgehead atoms. The van der Waals surface area contributed by atoms with Gasteiger partial charge in [-0.3, -0.25) is 4.99 Å². The maximum Gasteiger partial charge on any atom is 0.157 e. The highest BCUT2D eigenvalue weighted by atomic mass is 32.2. The van der Waals surface area contributed by atoms with Crippen LogP contribution in [-0.4, -0.2) is 17.0 Å². The Kier molecular flexibility index (Phi) is 3.52. The van der Waals surface area contributed by atoms with Gasteiger partial charge in [0.15, 0.2) is 5.17 Å². The Hall–Kier alpha value is -1.03. The average Bonchev–Trinajstić information content (AvgIpc) is 3.13. The van der Waals surface area contributed by atoms with E-state index in [1.807, 2.05) is 37.7 Å². The number of hydrogen-bond donors (Lipinski definition) is 1. The lowest BCUT2D eigenvalue weighted by atomic mass is 10.1. The Balaban J connectivity index is 1.57. The molecule has 1 heterocycles. The number of amidine groups is 1. The van der Waals surface area contributed by atoms with E-state index in [0.29, 0.717) is 16.4 Å². The van der Waals surface area contributed by atoms with Crippen LogP contribution >= 0.6 is 11.8 Å². The molecule has 19 heavy (non-hydrogen) atoms. The van der Waals surface area contributed by atoms with Gasteiger partial charge in [-0.05, 0) is 49.3 Å². The van der Waals surface area contributed by atoms with Crippen molar-refractivity contribution in [3.63, 3.8) is 0 Å². The molecule has 1 atom stereocenters. The zero-order valence-corrected chi connectivity index (χ0v) is 12.2. The van der Waals surface area contributed by atoms with E-state index in [4.69, 9.17) is 0 Å². The van der Waals surface area contributed by atoms with Gasteiger partial charge in [-0.15, -0.1) is 0 Å². The third-order valence-corrected chi connectivity index (χ3v) is 5.10. The molecule has 1 aromatic carbocycles.